The molecule has 0 aliphatic rings. The van der Waals surface area contributed by atoms with E-state index in [1.807, 2.05) is 5.32 Å². The maximum absolute atomic E-state index is 11.5. The van der Waals surface area contributed by atoms with Gasteiger partial charge in [0.05, 0.1) is 11.5 Å². The van der Waals surface area contributed by atoms with Crippen LogP contribution in [0.2, 0.25) is 5.02 Å². The lowest BCUT2D eigenvalue weighted by Gasteiger charge is -2.08. The van der Waals surface area contributed by atoms with E-state index in [1.54, 1.807) is 0 Å². The Morgan fingerprint density at radius 1 is 1.41 bits per heavy atom. The van der Waals surface area contributed by atoms with Crippen LogP contribution in [-0.4, -0.2) is 43.7 Å². The number of imide groups is 1. The third-order valence-electron chi connectivity index (χ3n) is 2.32. The van der Waals surface area contributed by atoms with E-state index in [4.69, 9.17) is 21.1 Å². The minimum absolute atomic E-state index is 0.121. The van der Waals surface area contributed by atoms with Crippen LogP contribution < -0.4 is 15.4 Å². The molecule has 0 fully saturated rings. The van der Waals surface area contributed by atoms with Crippen molar-refractivity contribution in [3.8, 4) is 5.75 Å². The maximum atomic E-state index is 11.5. The monoisotopic (exact) mass is 331 g/mol. The van der Waals surface area contributed by atoms with Crippen LogP contribution in [0.3, 0.4) is 0 Å². The van der Waals surface area contributed by atoms with Gasteiger partial charge < -0.3 is 14.8 Å². The third kappa shape index (κ3) is 5.94. The number of ether oxygens (including phenoxy) is 2. The summed E-state index contributed by atoms with van der Waals surface area (Å²) in [6, 6.07) is 3.05. The Morgan fingerprint density at radius 3 is 2.77 bits per heavy atom. The molecule has 1 aromatic rings. The van der Waals surface area contributed by atoms with Crippen molar-refractivity contribution in [3.05, 3.63) is 33.3 Å². The summed E-state index contributed by atoms with van der Waals surface area (Å²) in [5, 5.41) is 15.4. The maximum Gasteiger partial charge on any atom is 0.321 e. The van der Waals surface area contributed by atoms with Crippen LogP contribution in [0.4, 0.5) is 10.5 Å². The number of nitrogens with one attached hydrogen (secondary N) is 2. The van der Waals surface area contributed by atoms with E-state index in [0.29, 0.717) is 6.61 Å². The first-order valence-corrected chi connectivity index (χ1v) is 6.45. The molecule has 10 heteroatoms. The Kier molecular flexibility index (Phi) is 7.06. The first-order chi connectivity index (χ1) is 10.4. The largest absolute Gasteiger partial charge is 0.477 e. The second kappa shape index (κ2) is 8.80. The van der Waals surface area contributed by atoms with E-state index >= 15 is 0 Å². The summed E-state index contributed by atoms with van der Waals surface area (Å²) in [4.78, 5) is 32.9. The molecule has 0 spiro atoms. The average molecular weight is 332 g/mol. The van der Waals surface area contributed by atoms with Gasteiger partial charge in [0.15, 0.2) is 12.4 Å². The van der Waals surface area contributed by atoms with Gasteiger partial charge in [0.2, 0.25) is 0 Å². The zero-order chi connectivity index (χ0) is 16.5. The highest BCUT2D eigenvalue weighted by atomic mass is 35.5. The summed E-state index contributed by atoms with van der Waals surface area (Å²) in [7, 11) is 1.47. The average Bonchev–Trinajstić information content (AvgIpc) is 2.46. The summed E-state index contributed by atoms with van der Waals surface area (Å²) in [6.45, 7) is -0.0195. The van der Waals surface area contributed by atoms with Crippen LogP contribution in [0.25, 0.3) is 0 Å². The second-order valence-electron chi connectivity index (χ2n) is 3.95. The molecule has 1 rings (SSSR count). The molecule has 0 radical (unpaired) electrons. The molecule has 9 nitrogen and oxygen atoms in total. The number of urea groups is 1. The molecule has 0 saturated heterocycles. The molecule has 0 atom stereocenters. The van der Waals surface area contributed by atoms with Crippen molar-refractivity contribution in [2.24, 2.45) is 0 Å². The van der Waals surface area contributed by atoms with E-state index in [2.05, 4.69) is 5.32 Å². The van der Waals surface area contributed by atoms with Crippen molar-refractivity contribution >= 4 is 29.2 Å². The normalized spacial score (nSPS) is 9.91. The van der Waals surface area contributed by atoms with Crippen LogP contribution in [0.5, 0.6) is 5.75 Å². The summed E-state index contributed by atoms with van der Waals surface area (Å²) in [5.74, 6) is -0.872. The first kappa shape index (κ1) is 17.7. The molecule has 3 amide bonds. The SMILES string of the molecule is COCCNC(=O)NC(=O)COc1ccc(Cl)cc1[N+](=O)[O-]. The van der Waals surface area contributed by atoms with Crippen LogP contribution in [0, 0.1) is 10.1 Å². The number of carbonyl (C=O) groups is 2. The quantitative estimate of drug-likeness (QED) is 0.438. The highest BCUT2D eigenvalue weighted by Gasteiger charge is 2.17. The molecule has 0 heterocycles. The molecule has 2 N–H and O–H groups in total. The minimum Gasteiger partial charge on any atom is -0.477 e. The van der Waals surface area contributed by atoms with Crippen molar-refractivity contribution in [3.63, 3.8) is 0 Å². The fourth-order valence-electron chi connectivity index (χ4n) is 1.37. The van der Waals surface area contributed by atoms with Crippen LogP contribution >= 0.6 is 11.6 Å². The van der Waals surface area contributed by atoms with Crippen LogP contribution in [-0.2, 0) is 9.53 Å². The van der Waals surface area contributed by atoms with Crippen LogP contribution in [0.15, 0.2) is 18.2 Å². The van der Waals surface area contributed by atoms with Crippen molar-refractivity contribution in [1.82, 2.24) is 10.6 Å². The number of hydrogen-bond acceptors (Lipinski definition) is 6. The highest BCUT2D eigenvalue weighted by molar-refractivity contribution is 6.30. The number of methoxy groups -OCH3 is 1. The zero-order valence-electron chi connectivity index (χ0n) is 11.6. The summed E-state index contributed by atoms with van der Waals surface area (Å²) in [5.41, 5.74) is -0.371. The molecule has 0 bridgehead atoms. The summed E-state index contributed by atoms with van der Waals surface area (Å²) < 4.78 is 9.75. The van der Waals surface area contributed by atoms with Gasteiger partial charge in [-0.1, -0.05) is 11.6 Å². The molecule has 0 aliphatic carbocycles. The molecule has 0 unspecified atom stereocenters. The van der Waals surface area contributed by atoms with Gasteiger partial charge in [0, 0.05) is 24.7 Å². The van der Waals surface area contributed by atoms with Gasteiger partial charge in [-0.2, -0.15) is 0 Å². The number of halogens is 1. The van der Waals surface area contributed by atoms with Gasteiger partial charge in [-0.15, -0.1) is 0 Å². The highest BCUT2D eigenvalue weighted by Crippen LogP contribution is 2.29. The van der Waals surface area contributed by atoms with Crippen molar-refractivity contribution < 1.29 is 24.0 Å². The Labute approximate surface area is 130 Å². The molecule has 22 heavy (non-hydrogen) atoms. The van der Waals surface area contributed by atoms with Gasteiger partial charge >= 0.3 is 11.7 Å². The number of nitrogens with zero attached hydrogens (tertiary/aromatic N) is 1. The summed E-state index contributed by atoms with van der Waals surface area (Å²) in [6.07, 6.45) is 0. The lowest BCUT2D eigenvalue weighted by Crippen LogP contribution is -2.42. The van der Waals surface area contributed by atoms with Gasteiger partial charge in [-0.05, 0) is 12.1 Å². The molecule has 120 valence electrons. The number of rotatable bonds is 7. The predicted octanol–water partition coefficient (Wildman–Crippen LogP) is 1.10. The molecule has 0 saturated carbocycles. The first-order valence-electron chi connectivity index (χ1n) is 6.07. The Hall–Kier alpha value is -2.39. The Morgan fingerprint density at radius 2 is 2.14 bits per heavy atom. The minimum atomic E-state index is -0.751. The zero-order valence-corrected chi connectivity index (χ0v) is 12.4. The van der Waals surface area contributed by atoms with Crippen molar-refractivity contribution in [2.45, 2.75) is 0 Å². The van der Waals surface area contributed by atoms with E-state index in [1.165, 1.54) is 19.2 Å². The van der Waals surface area contributed by atoms with Crippen molar-refractivity contribution in [2.75, 3.05) is 26.9 Å². The number of nitro groups is 1. The van der Waals surface area contributed by atoms with Gasteiger partial charge in [-0.25, -0.2) is 4.79 Å². The molecule has 0 aromatic heterocycles. The predicted molar refractivity (Wildman–Crippen MR) is 77.0 cm³/mol. The number of amides is 3. The fourth-order valence-corrected chi connectivity index (χ4v) is 1.54. The lowest BCUT2D eigenvalue weighted by atomic mass is 10.3. The number of carbonyl (C=O) groups excluding carboxylic acids is 2. The third-order valence-corrected chi connectivity index (χ3v) is 2.56. The van der Waals surface area contributed by atoms with E-state index in [0.717, 1.165) is 6.07 Å². The Balaban J connectivity index is 2.51. The standard InChI is InChI=1S/C12H14ClN3O6/c1-21-5-4-14-12(18)15-11(17)7-22-10-3-2-8(13)6-9(10)16(19)20/h2-3,6H,4-5,7H2,1H3,(H2,14,15,17,18). The number of benzene rings is 1. The van der Waals surface area contributed by atoms with Gasteiger partial charge in [0.1, 0.15) is 0 Å². The molecule has 1 aromatic carbocycles. The lowest BCUT2D eigenvalue weighted by molar-refractivity contribution is -0.385. The molecular formula is C12H14ClN3O6. The smallest absolute Gasteiger partial charge is 0.321 e. The van der Waals surface area contributed by atoms with E-state index in [9.17, 15) is 19.7 Å². The summed E-state index contributed by atoms with van der Waals surface area (Å²) >= 11 is 5.65. The molecule has 0 aliphatic heterocycles. The second-order valence-corrected chi connectivity index (χ2v) is 4.39. The fraction of sp³-hybridized carbons (Fsp3) is 0.333. The van der Waals surface area contributed by atoms with Gasteiger partial charge in [-0.3, -0.25) is 20.2 Å². The Bertz CT molecular complexity index is 566. The van der Waals surface area contributed by atoms with Gasteiger partial charge in [0.25, 0.3) is 5.91 Å². The van der Waals surface area contributed by atoms with E-state index < -0.39 is 23.5 Å². The number of nitro benzene ring substituents is 1. The topological polar surface area (TPSA) is 120 Å². The number of hydrogen-bond donors (Lipinski definition) is 2. The van der Waals surface area contributed by atoms with Crippen LogP contribution in [0.1, 0.15) is 0 Å². The molecular weight excluding hydrogens is 318 g/mol. The van der Waals surface area contributed by atoms with E-state index in [-0.39, 0.29) is 23.0 Å². The van der Waals surface area contributed by atoms with Crippen molar-refractivity contribution in [1.29, 1.82) is 0 Å².